The molecule has 0 aliphatic carbocycles. The third-order valence-electron chi connectivity index (χ3n) is 4.58. The van der Waals surface area contributed by atoms with E-state index in [4.69, 9.17) is 8.83 Å². The van der Waals surface area contributed by atoms with Crippen molar-refractivity contribution in [2.75, 3.05) is 5.75 Å². The first kappa shape index (κ1) is 18.3. The molecule has 0 spiro atoms. The monoisotopic (exact) mass is 413 g/mol. The van der Waals surface area contributed by atoms with Crippen molar-refractivity contribution in [3.63, 3.8) is 0 Å². The summed E-state index contributed by atoms with van der Waals surface area (Å²) in [6.45, 7) is 0. The van der Waals surface area contributed by atoms with Crippen molar-refractivity contribution in [3.05, 3.63) is 84.8 Å². The molecule has 0 aliphatic rings. The second-order valence-corrected chi connectivity index (χ2v) is 7.46. The smallest absolute Gasteiger partial charge is 0.210 e. The largest absolute Gasteiger partial charge is 0.463 e. The minimum absolute atomic E-state index is 0.00372. The van der Waals surface area contributed by atoms with E-state index in [1.54, 1.807) is 36.8 Å². The van der Waals surface area contributed by atoms with Crippen LogP contribution < -0.4 is 0 Å². The zero-order valence-electron chi connectivity index (χ0n) is 15.7. The summed E-state index contributed by atoms with van der Waals surface area (Å²) in [5.41, 5.74) is 1.67. The molecule has 0 bridgehead atoms. The van der Waals surface area contributed by atoms with Crippen molar-refractivity contribution in [1.82, 2.24) is 15.2 Å². The van der Waals surface area contributed by atoms with Crippen LogP contribution in [0.3, 0.4) is 0 Å². The molecule has 30 heavy (non-hydrogen) atoms. The quantitative estimate of drug-likeness (QED) is 0.268. The van der Waals surface area contributed by atoms with Crippen LogP contribution in [0.2, 0.25) is 0 Å². The third kappa shape index (κ3) is 3.62. The maximum absolute atomic E-state index is 12.7. The lowest BCUT2D eigenvalue weighted by molar-refractivity contribution is 0.102. The molecule has 146 valence electrons. The van der Waals surface area contributed by atoms with Gasteiger partial charge in [0.05, 0.1) is 18.3 Å². The van der Waals surface area contributed by atoms with Crippen molar-refractivity contribution < 1.29 is 13.6 Å². The van der Waals surface area contributed by atoms with Crippen LogP contribution >= 0.6 is 11.8 Å². The van der Waals surface area contributed by atoms with Gasteiger partial charge in [-0.25, -0.2) is 4.98 Å². The van der Waals surface area contributed by atoms with E-state index in [0.717, 1.165) is 10.8 Å². The maximum Gasteiger partial charge on any atom is 0.210 e. The van der Waals surface area contributed by atoms with Gasteiger partial charge in [0.15, 0.2) is 23.0 Å². The highest BCUT2D eigenvalue weighted by atomic mass is 32.2. The van der Waals surface area contributed by atoms with Gasteiger partial charge in [-0.2, -0.15) is 0 Å². The fraction of sp³-hybridized carbons (Fsp3) is 0.0435. The van der Waals surface area contributed by atoms with Gasteiger partial charge in [-0.3, -0.25) is 4.79 Å². The van der Waals surface area contributed by atoms with Crippen LogP contribution in [-0.2, 0) is 0 Å². The number of nitrogens with zero attached hydrogens (tertiary/aromatic N) is 3. The summed E-state index contributed by atoms with van der Waals surface area (Å²) in [5, 5.41) is 11.0. The van der Waals surface area contributed by atoms with Gasteiger partial charge in [0.1, 0.15) is 5.69 Å². The maximum atomic E-state index is 12.7. The summed E-state index contributed by atoms with van der Waals surface area (Å²) in [4.78, 5) is 17.3. The number of carbonyl (C=O) groups excluding carboxylic acids is 1. The zero-order valence-corrected chi connectivity index (χ0v) is 16.5. The first-order valence-electron chi connectivity index (χ1n) is 9.25. The molecule has 7 heteroatoms. The van der Waals surface area contributed by atoms with E-state index in [1.165, 1.54) is 11.8 Å². The summed E-state index contributed by atoms with van der Waals surface area (Å²) >= 11 is 1.24. The number of aromatic nitrogens is 3. The van der Waals surface area contributed by atoms with Crippen molar-refractivity contribution in [2.24, 2.45) is 0 Å². The van der Waals surface area contributed by atoms with E-state index >= 15 is 0 Å². The van der Waals surface area contributed by atoms with E-state index in [2.05, 4.69) is 15.2 Å². The van der Waals surface area contributed by atoms with Gasteiger partial charge in [-0.15, -0.1) is 10.2 Å². The molecule has 0 unspecified atom stereocenters. The van der Waals surface area contributed by atoms with Gasteiger partial charge in [0, 0.05) is 5.56 Å². The first-order valence-corrected chi connectivity index (χ1v) is 10.2. The molecule has 6 nitrogen and oxygen atoms in total. The standard InChI is InChI=1S/C23H15N3O3S/c27-18(17-10-9-15-5-1-2-6-16(15)13-17)14-30-23-24-21(19-7-3-11-28-19)22(25-26-23)20-8-4-12-29-20/h1-13H,14H2. The SMILES string of the molecule is O=C(CSc1nnc(-c2ccco2)c(-c2ccco2)n1)c1ccc2ccccc2c1. The van der Waals surface area contributed by atoms with Crippen LogP contribution in [0.5, 0.6) is 0 Å². The number of carbonyl (C=O) groups is 1. The molecule has 0 saturated heterocycles. The van der Waals surface area contributed by atoms with E-state index in [9.17, 15) is 4.79 Å². The molecule has 3 heterocycles. The molecule has 0 N–H and O–H groups in total. The molecule has 0 fully saturated rings. The van der Waals surface area contributed by atoms with Crippen LogP contribution in [0.25, 0.3) is 33.7 Å². The van der Waals surface area contributed by atoms with Gasteiger partial charge in [0.2, 0.25) is 5.16 Å². The van der Waals surface area contributed by atoms with E-state index in [1.807, 2.05) is 42.5 Å². The van der Waals surface area contributed by atoms with Crippen molar-refractivity contribution in [3.8, 4) is 22.9 Å². The number of hydrogen-bond donors (Lipinski definition) is 0. The normalized spacial score (nSPS) is 11.1. The Morgan fingerprint density at radius 2 is 1.53 bits per heavy atom. The Kier molecular flexibility index (Phi) is 4.86. The van der Waals surface area contributed by atoms with Gasteiger partial charge >= 0.3 is 0 Å². The number of fused-ring (bicyclic) bond motifs is 1. The first-order chi connectivity index (χ1) is 14.8. The topological polar surface area (TPSA) is 82.0 Å². The van der Waals surface area contributed by atoms with Crippen LogP contribution in [0.4, 0.5) is 0 Å². The number of thioether (sulfide) groups is 1. The Morgan fingerprint density at radius 1 is 0.800 bits per heavy atom. The number of benzene rings is 2. The second-order valence-electron chi connectivity index (χ2n) is 6.52. The molecule has 5 rings (SSSR count). The Balaban J connectivity index is 1.39. The number of Topliss-reactive ketones (excluding diaryl/α,β-unsaturated/α-hetero) is 1. The Labute approximate surface area is 176 Å². The molecule has 0 saturated carbocycles. The highest BCUT2D eigenvalue weighted by Gasteiger charge is 2.18. The number of ketones is 1. The minimum Gasteiger partial charge on any atom is -0.463 e. The molecule has 2 aromatic carbocycles. The summed E-state index contributed by atoms with van der Waals surface area (Å²) in [6, 6.07) is 20.8. The van der Waals surface area contributed by atoms with Crippen LogP contribution in [-0.4, -0.2) is 26.7 Å². The lowest BCUT2D eigenvalue weighted by Crippen LogP contribution is -2.04. The van der Waals surface area contributed by atoms with Crippen LogP contribution in [0.15, 0.2) is 93.2 Å². The molecule has 0 atom stereocenters. The predicted octanol–water partition coefficient (Wildman–Crippen LogP) is 5.52. The summed E-state index contributed by atoms with van der Waals surface area (Å²) in [7, 11) is 0. The number of hydrogen-bond acceptors (Lipinski definition) is 7. The lowest BCUT2D eigenvalue weighted by atomic mass is 10.1. The molecule has 5 aromatic rings. The van der Waals surface area contributed by atoms with E-state index in [-0.39, 0.29) is 11.5 Å². The summed E-state index contributed by atoms with van der Waals surface area (Å²) in [5.74, 6) is 1.31. The molecule has 0 amide bonds. The van der Waals surface area contributed by atoms with Crippen molar-refractivity contribution >= 4 is 28.3 Å². The van der Waals surface area contributed by atoms with Gasteiger partial charge in [0.25, 0.3) is 0 Å². The van der Waals surface area contributed by atoms with Crippen LogP contribution in [0.1, 0.15) is 10.4 Å². The predicted molar refractivity (Wildman–Crippen MR) is 114 cm³/mol. The molecule has 0 aliphatic heterocycles. The van der Waals surface area contributed by atoms with E-state index < -0.39 is 0 Å². The van der Waals surface area contributed by atoms with E-state index in [0.29, 0.717) is 33.6 Å². The van der Waals surface area contributed by atoms with Crippen molar-refractivity contribution in [1.29, 1.82) is 0 Å². The van der Waals surface area contributed by atoms with Gasteiger partial charge in [-0.1, -0.05) is 48.2 Å². The fourth-order valence-electron chi connectivity index (χ4n) is 3.11. The molecular formula is C23H15N3O3S. The number of furan rings is 2. The number of rotatable bonds is 6. The van der Waals surface area contributed by atoms with Crippen molar-refractivity contribution in [2.45, 2.75) is 5.16 Å². The molecule has 3 aromatic heterocycles. The summed E-state index contributed by atoms with van der Waals surface area (Å²) < 4.78 is 10.9. The third-order valence-corrected chi connectivity index (χ3v) is 5.42. The molecule has 0 radical (unpaired) electrons. The van der Waals surface area contributed by atoms with Gasteiger partial charge < -0.3 is 8.83 Å². The minimum atomic E-state index is 0.00372. The Morgan fingerprint density at radius 3 is 2.27 bits per heavy atom. The highest BCUT2D eigenvalue weighted by molar-refractivity contribution is 7.99. The fourth-order valence-corrected chi connectivity index (χ4v) is 3.79. The second kappa shape index (κ2) is 7.96. The summed E-state index contributed by atoms with van der Waals surface area (Å²) in [6.07, 6.45) is 3.13. The Hall–Kier alpha value is -3.71. The highest BCUT2D eigenvalue weighted by Crippen LogP contribution is 2.30. The Bertz CT molecular complexity index is 1320. The average molecular weight is 413 g/mol. The lowest BCUT2D eigenvalue weighted by Gasteiger charge is -2.06. The average Bonchev–Trinajstić information content (AvgIpc) is 3.51. The zero-order chi connectivity index (χ0) is 20.3. The van der Waals surface area contributed by atoms with Crippen LogP contribution in [0, 0.1) is 0 Å². The molecular weight excluding hydrogens is 398 g/mol. The van der Waals surface area contributed by atoms with Gasteiger partial charge in [-0.05, 0) is 41.1 Å².